The van der Waals surface area contributed by atoms with Gasteiger partial charge in [0.25, 0.3) is 0 Å². The van der Waals surface area contributed by atoms with E-state index in [4.69, 9.17) is 4.74 Å². The number of ketones is 2. The van der Waals surface area contributed by atoms with E-state index in [-0.39, 0.29) is 23.9 Å². The van der Waals surface area contributed by atoms with E-state index >= 15 is 0 Å². The second-order valence-corrected chi connectivity index (χ2v) is 6.96. The summed E-state index contributed by atoms with van der Waals surface area (Å²) in [7, 11) is 0. The Hall–Kier alpha value is -0.940. The molecule has 3 nitrogen and oxygen atoms in total. The summed E-state index contributed by atoms with van der Waals surface area (Å²) in [5.74, 6) is 1.70. The molecule has 0 amide bonds. The number of Topliss-reactive ketones (excluding diaryl/α,β-unsaturated/α-hetero) is 2. The molecule has 1 aliphatic carbocycles. The van der Waals surface area contributed by atoms with E-state index < -0.39 is 0 Å². The summed E-state index contributed by atoms with van der Waals surface area (Å²) < 4.78 is 5.71. The van der Waals surface area contributed by atoms with Gasteiger partial charge in [-0.15, -0.1) is 23.5 Å². The molecule has 1 heterocycles. The van der Waals surface area contributed by atoms with Crippen molar-refractivity contribution < 1.29 is 14.3 Å². The van der Waals surface area contributed by atoms with Crippen molar-refractivity contribution >= 4 is 35.1 Å². The van der Waals surface area contributed by atoms with Gasteiger partial charge in [0.1, 0.15) is 11.5 Å². The number of carbonyl (C=O) groups is 2. The van der Waals surface area contributed by atoms with E-state index in [0.29, 0.717) is 17.9 Å². The molecule has 0 spiro atoms. The topological polar surface area (TPSA) is 43.4 Å². The van der Waals surface area contributed by atoms with Crippen molar-refractivity contribution in [3.63, 3.8) is 0 Å². The van der Waals surface area contributed by atoms with Gasteiger partial charge >= 0.3 is 0 Å². The molecule has 20 heavy (non-hydrogen) atoms. The number of hydrogen-bond acceptors (Lipinski definition) is 5. The molecule has 0 radical (unpaired) electrons. The first-order chi connectivity index (χ1) is 9.70. The molecular formula is C15H16O3S2. The number of thioether (sulfide) groups is 2. The van der Waals surface area contributed by atoms with Crippen molar-refractivity contribution in [2.24, 2.45) is 5.92 Å². The lowest BCUT2D eigenvalue weighted by Gasteiger charge is -2.21. The third kappa shape index (κ3) is 2.74. The molecule has 0 aromatic heterocycles. The van der Waals surface area contributed by atoms with Crippen LogP contribution in [-0.4, -0.2) is 30.2 Å². The monoisotopic (exact) mass is 308 g/mol. The minimum absolute atomic E-state index is 0.0176. The normalized spacial score (nSPS) is 17.2. The molecule has 3 rings (SSSR count). The van der Waals surface area contributed by atoms with Gasteiger partial charge < -0.3 is 4.74 Å². The molecule has 0 unspecified atom stereocenters. The summed E-state index contributed by atoms with van der Waals surface area (Å²) in [6.45, 7) is 0.617. The highest BCUT2D eigenvalue weighted by Gasteiger charge is 2.32. The Morgan fingerprint density at radius 3 is 2.90 bits per heavy atom. The minimum Gasteiger partial charge on any atom is -0.491 e. The molecule has 106 valence electrons. The first-order valence-electron chi connectivity index (χ1n) is 6.73. The van der Waals surface area contributed by atoms with Crippen molar-refractivity contribution in [1.29, 1.82) is 0 Å². The van der Waals surface area contributed by atoms with Crippen LogP contribution in [0.15, 0.2) is 21.9 Å². The smallest absolute Gasteiger partial charge is 0.174 e. The zero-order valence-corrected chi connectivity index (χ0v) is 12.9. The zero-order valence-electron chi connectivity index (χ0n) is 11.3. The van der Waals surface area contributed by atoms with Crippen molar-refractivity contribution in [3.8, 4) is 5.75 Å². The highest BCUT2D eigenvalue weighted by molar-refractivity contribution is 8.02. The molecular weight excluding hydrogens is 292 g/mol. The van der Waals surface area contributed by atoms with Gasteiger partial charge in [0.05, 0.1) is 23.5 Å². The maximum atomic E-state index is 12.3. The Morgan fingerprint density at radius 1 is 1.40 bits per heavy atom. The van der Waals surface area contributed by atoms with Crippen LogP contribution in [0.5, 0.6) is 5.75 Å². The molecule has 0 atom stereocenters. The number of rotatable bonds is 5. The Kier molecular flexibility index (Phi) is 4.08. The predicted molar refractivity (Wildman–Crippen MR) is 81.1 cm³/mol. The van der Waals surface area contributed by atoms with Gasteiger partial charge in [0.15, 0.2) is 5.78 Å². The fourth-order valence-electron chi connectivity index (χ4n) is 2.30. The van der Waals surface area contributed by atoms with Crippen molar-refractivity contribution in [3.05, 3.63) is 17.7 Å². The molecule has 1 aromatic carbocycles. The van der Waals surface area contributed by atoms with E-state index in [9.17, 15) is 9.59 Å². The average molecular weight is 308 g/mol. The predicted octanol–water partition coefficient (Wildman–Crippen LogP) is 3.44. The molecule has 2 aliphatic rings. The molecule has 0 saturated heterocycles. The number of benzene rings is 1. The van der Waals surface area contributed by atoms with E-state index in [1.54, 1.807) is 29.6 Å². The quantitative estimate of drug-likeness (QED) is 0.473. The zero-order chi connectivity index (χ0) is 14.1. The van der Waals surface area contributed by atoms with E-state index in [1.165, 1.54) is 0 Å². The maximum absolute atomic E-state index is 12.3. The first kappa shape index (κ1) is 14.0. The summed E-state index contributed by atoms with van der Waals surface area (Å²) in [5, 5.41) is 0. The van der Waals surface area contributed by atoms with Gasteiger partial charge in [0.2, 0.25) is 0 Å². The van der Waals surface area contributed by atoms with Crippen molar-refractivity contribution in [2.45, 2.75) is 29.1 Å². The largest absolute Gasteiger partial charge is 0.491 e. The van der Waals surface area contributed by atoms with E-state index in [1.807, 2.05) is 12.3 Å². The molecule has 0 bridgehead atoms. The van der Waals surface area contributed by atoms with Crippen LogP contribution in [-0.2, 0) is 4.79 Å². The molecule has 1 saturated carbocycles. The van der Waals surface area contributed by atoms with E-state index in [2.05, 4.69) is 0 Å². The van der Waals surface area contributed by atoms with Gasteiger partial charge in [0, 0.05) is 16.6 Å². The summed E-state index contributed by atoms with van der Waals surface area (Å²) in [6, 6.07) is 3.76. The third-order valence-electron chi connectivity index (χ3n) is 3.54. The Bertz CT molecular complexity index is 564. The lowest BCUT2D eigenvalue weighted by molar-refractivity contribution is -0.119. The lowest BCUT2D eigenvalue weighted by Crippen LogP contribution is -2.15. The molecule has 5 heteroatoms. The van der Waals surface area contributed by atoms with Crippen LogP contribution in [0.4, 0.5) is 0 Å². The van der Waals surface area contributed by atoms with Crippen molar-refractivity contribution in [2.75, 3.05) is 18.6 Å². The standard InChI is InChI=1S/C15H16O3S2/c1-19-13-5-4-10(14-15(13)20-7-6-18-14)12(17)8-11(16)9-2-3-9/h4-5,9H,2-3,6-8H2,1H3. The molecule has 0 N–H and O–H groups in total. The van der Waals surface area contributed by atoms with Gasteiger partial charge in [-0.25, -0.2) is 0 Å². The van der Waals surface area contributed by atoms with Gasteiger partial charge in [-0.2, -0.15) is 0 Å². The summed E-state index contributed by atoms with van der Waals surface area (Å²) >= 11 is 3.38. The lowest BCUT2D eigenvalue weighted by atomic mass is 10.0. The van der Waals surface area contributed by atoms with Crippen LogP contribution < -0.4 is 4.74 Å². The van der Waals surface area contributed by atoms with Crippen LogP contribution in [0.2, 0.25) is 0 Å². The Balaban J connectivity index is 1.88. The van der Waals surface area contributed by atoms with Crippen molar-refractivity contribution in [1.82, 2.24) is 0 Å². The average Bonchev–Trinajstić information content (AvgIpc) is 3.30. The number of carbonyl (C=O) groups excluding carboxylic acids is 2. The summed E-state index contributed by atoms with van der Waals surface area (Å²) in [6.07, 6.45) is 3.93. The summed E-state index contributed by atoms with van der Waals surface area (Å²) in [4.78, 5) is 26.3. The van der Waals surface area contributed by atoms with E-state index in [0.717, 1.165) is 28.4 Å². The maximum Gasteiger partial charge on any atom is 0.174 e. The second-order valence-electron chi connectivity index (χ2n) is 5.01. The summed E-state index contributed by atoms with van der Waals surface area (Å²) in [5.41, 5.74) is 0.569. The number of hydrogen-bond donors (Lipinski definition) is 0. The van der Waals surface area contributed by atoms with Crippen LogP contribution in [0, 0.1) is 5.92 Å². The highest BCUT2D eigenvalue weighted by atomic mass is 32.2. The van der Waals surface area contributed by atoms with Crippen LogP contribution in [0.1, 0.15) is 29.6 Å². The SMILES string of the molecule is CSc1ccc(C(=O)CC(=O)C2CC2)c2c1SCCO2. The third-order valence-corrected chi connectivity index (χ3v) is 5.51. The number of ether oxygens (including phenoxy) is 1. The van der Waals surface area contributed by atoms with Crippen LogP contribution in [0.25, 0.3) is 0 Å². The fourth-order valence-corrected chi connectivity index (χ4v) is 4.09. The van der Waals surface area contributed by atoms with Crippen LogP contribution >= 0.6 is 23.5 Å². The number of fused-ring (bicyclic) bond motifs is 1. The molecule has 1 fully saturated rings. The minimum atomic E-state index is -0.103. The van der Waals surface area contributed by atoms with Crippen LogP contribution in [0.3, 0.4) is 0 Å². The van der Waals surface area contributed by atoms with Gasteiger partial charge in [-0.3, -0.25) is 9.59 Å². The Morgan fingerprint density at radius 2 is 2.20 bits per heavy atom. The second kappa shape index (κ2) is 5.82. The Labute approximate surface area is 126 Å². The fraction of sp³-hybridized carbons (Fsp3) is 0.467. The highest BCUT2D eigenvalue weighted by Crippen LogP contribution is 2.43. The molecule has 1 aliphatic heterocycles. The van der Waals surface area contributed by atoms with Gasteiger partial charge in [-0.05, 0) is 31.2 Å². The first-order valence-corrected chi connectivity index (χ1v) is 8.94. The van der Waals surface area contributed by atoms with Gasteiger partial charge in [-0.1, -0.05) is 0 Å². The molecule has 1 aromatic rings.